The summed E-state index contributed by atoms with van der Waals surface area (Å²) in [5.41, 5.74) is 1.64. The fourth-order valence-corrected chi connectivity index (χ4v) is 3.13. The van der Waals surface area contributed by atoms with E-state index in [1.54, 1.807) is 37.6 Å². The molecule has 0 bridgehead atoms. The third kappa shape index (κ3) is 3.12. The Morgan fingerprint density at radius 3 is 2.64 bits per heavy atom. The molecule has 0 N–H and O–H groups in total. The first-order valence-corrected chi connectivity index (χ1v) is 7.90. The Labute approximate surface area is 133 Å². The topological polar surface area (TPSA) is 39.2 Å². The standard InChI is InChI=1S/C18H15NO2S/c1-21-15-9-7-13(8-10-15)16(20)12-22-17-6-2-4-14-5-3-11-19-18(14)17/h2-11H,12H2,1H3. The molecule has 0 aliphatic heterocycles. The van der Waals surface area contributed by atoms with E-state index in [9.17, 15) is 4.79 Å². The van der Waals surface area contributed by atoms with Gasteiger partial charge in [-0.3, -0.25) is 9.78 Å². The van der Waals surface area contributed by atoms with E-state index in [0.717, 1.165) is 21.5 Å². The lowest BCUT2D eigenvalue weighted by molar-refractivity contribution is 0.102. The molecule has 1 aromatic heterocycles. The molecule has 4 heteroatoms. The minimum Gasteiger partial charge on any atom is -0.497 e. The largest absolute Gasteiger partial charge is 0.497 e. The molecule has 110 valence electrons. The first-order valence-electron chi connectivity index (χ1n) is 6.92. The Kier molecular flexibility index (Phi) is 4.39. The Hall–Kier alpha value is -2.33. The van der Waals surface area contributed by atoms with E-state index < -0.39 is 0 Å². The molecule has 3 aromatic rings. The number of aromatic nitrogens is 1. The number of hydrogen-bond acceptors (Lipinski definition) is 4. The summed E-state index contributed by atoms with van der Waals surface area (Å²) in [4.78, 5) is 17.7. The van der Waals surface area contributed by atoms with Gasteiger partial charge in [-0.15, -0.1) is 11.8 Å². The minimum absolute atomic E-state index is 0.0978. The third-order valence-corrected chi connectivity index (χ3v) is 4.41. The van der Waals surface area contributed by atoms with Gasteiger partial charge >= 0.3 is 0 Å². The van der Waals surface area contributed by atoms with Gasteiger partial charge in [-0.05, 0) is 36.4 Å². The summed E-state index contributed by atoms with van der Waals surface area (Å²) in [5, 5.41) is 1.09. The van der Waals surface area contributed by atoms with Crippen LogP contribution in [0.5, 0.6) is 5.75 Å². The number of ether oxygens (including phenoxy) is 1. The zero-order chi connectivity index (χ0) is 15.4. The molecule has 0 fully saturated rings. The van der Waals surface area contributed by atoms with Crippen LogP contribution in [0.25, 0.3) is 10.9 Å². The van der Waals surface area contributed by atoms with Crippen LogP contribution >= 0.6 is 11.8 Å². The quantitative estimate of drug-likeness (QED) is 0.522. The van der Waals surface area contributed by atoms with Crippen molar-refractivity contribution < 1.29 is 9.53 Å². The smallest absolute Gasteiger partial charge is 0.173 e. The number of fused-ring (bicyclic) bond motifs is 1. The fourth-order valence-electron chi connectivity index (χ4n) is 2.20. The summed E-state index contributed by atoms with van der Waals surface area (Å²) in [6.07, 6.45) is 1.78. The summed E-state index contributed by atoms with van der Waals surface area (Å²) in [6.45, 7) is 0. The second kappa shape index (κ2) is 6.62. The first kappa shape index (κ1) is 14.6. The second-order valence-corrected chi connectivity index (χ2v) is 5.79. The first-order chi connectivity index (χ1) is 10.8. The highest BCUT2D eigenvalue weighted by molar-refractivity contribution is 8.00. The maximum Gasteiger partial charge on any atom is 0.173 e. The lowest BCUT2D eigenvalue weighted by atomic mass is 10.1. The van der Waals surface area contributed by atoms with Gasteiger partial charge in [0.1, 0.15) is 5.75 Å². The molecular weight excluding hydrogens is 294 g/mol. The van der Waals surface area contributed by atoms with Crippen molar-refractivity contribution in [3.05, 3.63) is 66.4 Å². The molecule has 0 amide bonds. The van der Waals surface area contributed by atoms with Crippen LogP contribution in [0.4, 0.5) is 0 Å². The maximum atomic E-state index is 12.3. The second-order valence-electron chi connectivity index (χ2n) is 4.77. The summed E-state index contributed by atoms with van der Waals surface area (Å²) < 4.78 is 5.10. The van der Waals surface area contributed by atoms with Gasteiger partial charge in [0.2, 0.25) is 0 Å². The Morgan fingerprint density at radius 2 is 1.86 bits per heavy atom. The van der Waals surface area contributed by atoms with Gasteiger partial charge in [-0.25, -0.2) is 0 Å². The number of pyridine rings is 1. The lowest BCUT2D eigenvalue weighted by Crippen LogP contribution is -2.02. The average molecular weight is 309 g/mol. The highest BCUT2D eigenvalue weighted by Crippen LogP contribution is 2.26. The van der Waals surface area contributed by atoms with Gasteiger partial charge < -0.3 is 4.74 Å². The fraction of sp³-hybridized carbons (Fsp3) is 0.111. The molecule has 0 saturated heterocycles. The van der Waals surface area contributed by atoms with Crippen molar-refractivity contribution in [2.45, 2.75) is 4.90 Å². The molecule has 0 aliphatic carbocycles. The van der Waals surface area contributed by atoms with E-state index >= 15 is 0 Å². The van der Waals surface area contributed by atoms with Crippen molar-refractivity contribution in [1.82, 2.24) is 4.98 Å². The number of rotatable bonds is 5. The summed E-state index contributed by atoms with van der Waals surface area (Å²) in [7, 11) is 1.61. The van der Waals surface area contributed by atoms with E-state index in [0.29, 0.717) is 11.3 Å². The molecule has 0 unspecified atom stereocenters. The maximum absolute atomic E-state index is 12.3. The molecule has 0 atom stereocenters. The molecule has 0 saturated carbocycles. The molecule has 22 heavy (non-hydrogen) atoms. The number of carbonyl (C=O) groups excluding carboxylic acids is 1. The monoisotopic (exact) mass is 309 g/mol. The zero-order valence-corrected chi connectivity index (χ0v) is 13.0. The SMILES string of the molecule is COc1ccc(C(=O)CSc2cccc3cccnc23)cc1. The number of benzene rings is 2. The highest BCUT2D eigenvalue weighted by Gasteiger charge is 2.09. The van der Waals surface area contributed by atoms with Crippen molar-refractivity contribution in [2.24, 2.45) is 0 Å². The van der Waals surface area contributed by atoms with Gasteiger partial charge in [-0.1, -0.05) is 18.2 Å². The predicted octanol–water partition coefficient (Wildman–Crippen LogP) is 4.22. The third-order valence-electron chi connectivity index (χ3n) is 3.37. The number of ketones is 1. The van der Waals surface area contributed by atoms with Crippen LogP contribution in [0, 0.1) is 0 Å². The van der Waals surface area contributed by atoms with Crippen LogP contribution in [-0.4, -0.2) is 23.6 Å². The number of Topliss-reactive ketones (excluding diaryl/α,β-unsaturated/α-hetero) is 1. The van der Waals surface area contributed by atoms with Crippen molar-refractivity contribution in [3.63, 3.8) is 0 Å². The number of para-hydroxylation sites is 1. The Bertz CT molecular complexity index is 794. The molecule has 3 rings (SSSR count). The number of carbonyl (C=O) groups is 1. The molecule has 0 spiro atoms. The van der Waals surface area contributed by atoms with E-state index in [1.165, 1.54) is 11.8 Å². The van der Waals surface area contributed by atoms with E-state index in [2.05, 4.69) is 4.98 Å². The number of methoxy groups -OCH3 is 1. The average Bonchev–Trinajstić information content (AvgIpc) is 2.59. The van der Waals surface area contributed by atoms with Gasteiger partial charge in [-0.2, -0.15) is 0 Å². The van der Waals surface area contributed by atoms with Gasteiger partial charge in [0.05, 0.1) is 18.4 Å². The summed E-state index contributed by atoms with van der Waals surface area (Å²) in [6, 6.07) is 17.2. The van der Waals surface area contributed by atoms with Gasteiger partial charge in [0.15, 0.2) is 5.78 Å². The van der Waals surface area contributed by atoms with E-state index in [-0.39, 0.29) is 5.78 Å². The number of nitrogens with zero attached hydrogens (tertiary/aromatic N) is 1. The van der Waals surface area contributed by atoms with Gasteiger partial charge in [0, 0.05) is 22.0 Å². The van der Waals surface area contributed by atoms with Crippen LogP contribution in [0.2, 0.25) is 0 Å². The molecular formula is C18H15NO2S. The van der Waals surface area contributed by atoms with E-state index in [1.807, 2.05) is 30.3 Å². The molecule has 1 heterocycles. The summed E-state index contributed by atoms with van der Waals surface area (Å²) >= 11 is 1.52. The lowest BCUT2D eigenvalue weighted by Gasteiger charge is -2.06. The molecule has 3 nitrogen and oxygen atoms in total. The number of hydrogen-bond donors (Lipinski definition) is 0. The highest BCUT2D eigenvalue weighted by atomic mass is 32.2. The Balaban J connectivity index is 1.74. The minimum atomic E-state index is 0.0978. The molecule has 0 radical (unpaired) electrons. The van der Waals surface area contributed by atoms with Crippen molar-refractivity contribution >= 4 is 28.4 Å². The van der Waals surface area contributed by atoms with E-state index in [4.69, 9.17) is 4.74 Å². The van der Waals surface area contributed by atoms with Gasteiger partial charge in [0.25, 0.3) is 0 Å². The number of thioether (sulfide) groups is 1. The Morgan fingerprint density at radius 1 is 1.09 bits per heavy atom. The van der Waals surface area contributed by atoms with Crippen molar-refractivity contribution in [3.8, 4) is 5.75 Å². The van der Waals surface area contributed by atoms with Crippen LogP contribution in [0.15, 0.2) is 65.7 Å². The summed E-state index contributed by atoms with van der Waals surface area (Å²) in [5.74, 6) is 1.24. The normalized spacial score (nSPS) is 10.6. The van der Waals surface area contributed by atoms with Crippen LogP contribution < -0.4 is 4.74 Å². The predicted molar refractivity (Wildman–Crippen MR) is 89.8 cm³/mol. The van der Waals surface area contributed by atoms with Crippen LogP contribution in [0.3, 0.4) is 0 Å². The molecule has 0 aliphatic rings. The van der Waals surface area contributed by atoms with Crippen molar-refractivity contribution in [1.29, 1.82) is 0 Å². The van der Waals surface area contributed by atoms with Crippen molar-refractivity contribution in [2.75, 3.05) is 12.9 Å². The zero-order valence-electron chi connectivity index (χ0n) is 12.2. The van der Waals surface area contributed by atoms with Crippen LogP contribution in [0.1, 0.15) is 10.4 Å². The van der Waals surface area contributed by atoms with Crippen LogP contribution in [-0.2, 0) is 0 Å². The molecule has 2 aromatic carbocycles.